The fraction of sp³-hybridized carbons (Fsp3) is 0.333. The fourth-order valence-electron chi connectivity index (χ4n) is 3.87. The first-order chi connectivity index (χ1) is 14.6. The van der Waals surface area contributed by atoms with Gasteiger partial charge in [-0.15, -0.1) is 5.10 Å². The summed E-state index contributed by atoms with van der Waals surface area (Å²) < 4.78 is 38.3. The zero-order valence-electron chi connectivity index (χ0n) is 16.4. The molecule has 0 amide bonds. The SMILES string of the molecule is O=S(O)NCc1ccc(F)c(C2CCN(Cc3cn(-c4ccccc4)nn3)CC2)c1. The van der Waals surface area contributed by atoms with Gasteiger partial charge in [0.05, 0.1) is 17.6 Å². The van der Waals surface area contributed by atoms with Crippen molar-refractivity contribution in [2.45, 2.75) is 31.8 Å². The number of para-hydroxylation sites is 1. The summed E-state index contributed by atoms with van der Waals surface area (Å²) in [6, 6.07) is 14.8. The van der Waals surface area contributed by atoms with E-state index in [0.29, 0.717) is 12.1 Å². The summed E-state index contributed by atoms with van der Waals surface area (Å²) >= 11 is -2.08. The van der Waals surface area contributed by atoms with E-state index in [2.05, 4.69) is 19.9 Å². The molecule has 9 heteroatoms. The van der Waals surface area contributed by atoms with Crippen molar-refractivity contribution in [3.05, 3.63) is 77.4 Å². The first-order valence-electron chi connectivity index (χ1n) is 9.90. The van der Waals surface area contributed by atoms with Gasteiger partial charge in [-0.2, -0.15) is 0 Å². The molecule has 7 nitrogen and oxygen atoms in total. The Hall–Kier alpha value is -2.46. The van der Waals surface area contributed by atoms with Crippen LogP contribution in [-0.2, 0) is 24.4 Å². The van der Waals surface area contributed by atoms with E-state index in [0.717, 1.165) is 42.9 Å². The average Bonchev–Trinajstić information content (AvgIpc) is 3.23. The molecular formula is C21H24FN5O2S. The maximum absolute atomic E-state index is 14.4. The second-order valence-corrected chi connectivity index (χ2v) is 8.25. The van der Waals surface area contributed by atoms with E-state index >= 15 is 0 Å². The lowest BCUT2D eigenvalue weighted by Crippen LogP contribution is -2.32. The highest BCUT2D eigenvalue weighted by Crippen LogP contribution is 2.31. The highest BCUT2D eigenvalue weighted by Gasteiger charge is 2.24. The molecule has 30 heavy (non-hydrogen) atoms. The molecule has 0 aliphatic carbocycles. The Bertz CT molecular complexity index is 1010. The van der Waals surface area contributed by atoms with Crippen LogP contribution in [0, 0.1) is 5.82 Å². The monoisotopic (exact) mass is 429 g/mol. The van der Waals surface area contributed by atoms with Crippen LogP contribution in [0.5, 0.6) is 0 Å². The van der Waals surface area contributed by atoms with Crippen LogP contribution in [-0.4, -0.2) is 41.7 Å². The third kappa shape index (κ3) is 5.17. The predicted molar refractivity (Wildman–Crippen MR) is 113 cm³/mol. The summed E-state index contributed by atoms with van der Waals surface area (Å²) in [6.07, 6.45) is 3.65. The molecule has 0 radical (unpaired) electrons. The van der Waals surface area contributed by atoms with Gasteiger partial charge in [0.1, 0.15) is 5.82 Å². The molecule has 1 aromatic heterocycles. The lowest BCUT2D eigenvalue weighted by atomic mass is 9.88. The molecule has 0 spiro atoms. The number of halogens is 1. The minimum Gasteiger partial charge on any atom is -0.297 e. The van der Waals surface area contributed by atoms with Crippen molar-refractivity contribution >= 4 is 11.3 Å². The Labute approximate surface area is 177 Å². The molecule has 158 valence electrons. The zero-order chi connectivity index (χ0) is 20.9. The molecule has 2 N–H and O–H groups in total. The molecule has 4 rings (SSSR count). The molecule has 1 atom stereocenters. The number of benzene rings is 2. The van der Waals surface area contributed by atoms with Crippen molar-refractivity contribution in [1.29, 1.82) is 0 Å². The Kier molecular flexibility index (Phi) is 6.63. The smallest absolute Gasteiger partial charge is 0.232 e. The highest BCUT2D eigenvalue weighted by atomic mass is 32.2. The molecule has 1 saturated heterocycles. The van der Waals surface area contributed by atoms with Gasteiger partial charge in [-0.25, -0.2) is 18.0 Å². The summed E-state index contributed by atoms with van der Waals surface area (Å²) in [5, 5.41) is 8.49. The van der Waals surface area contributed by atoms with Crippen molar-refractivity contribution in [2.75, 3.05) is 13.1 Å². The summed E-state index contributed by atoms with van der Waals surface area (Å²) in [5.74, 6) is -0.0750. The van der Waals surface area contributed by atoms with Gasteiger partial charge < -0.3 is 0 Å². The van der Waals surface area contributed by atoms with Gasteiger partial charge in [-0.05, 0) is 61.2 Å². The molecular weight excluding hydrogens is 405 g/mol. The second kappa shape index (κ2) is 9.57. The molecule has 3 aromatic rings. The third-order valence-corrected chi connectivity index (χ3v) is 5.83. The van der Waals surface area contributed by atoms with Gasteiger partial charge in [0, 0.05) is 13.1 Å². The van der Waals surface area contributed by atoms with Crippen LogP contribution in [0.15, 0.2) is 54.7 Å². The van der Waals surface area contributed by atoms with E-state index < -0.39 is 11.3 Å². The number of piperidine rings is 1. The van der Waals surface area contributed by atoms with Crippen LogP contribution < -0.4 is 4.72 Å². The summed E-state index contributed by atoms with van der Waals surface area (Å²) in [6.45, 7) is 2.65. The largest absolute Gasteiger partial charge is 0.297 e. The van der Waals surface area contributed by atoms with E-state index in [9.17, 15) is 8.60 Å². The first-order valence-corrected chi connectivity index (χ1v) is 11.0. The quantitative estimate of drug-likeness (QED) is 0.564. The molecule has 1 aliphatic rings. The normalized spacial score (nSPS) is 16.6. The van der Waals surface area contributed by atoms with Crippen molar-refractivity contribution < 1.29 is 13.2 Å². The first kappa shape index (κ1) is 20.8. The molecule has 1 aliphatic heterocycles. The lowest BCUT2D eigenvalue weighted by molar-refractivity contribution is 0.201. The lowest BCUT2D eigenvalue weighted by Gasteiger charge is -2.31. The van der Waals surface area contributed by atoms with Crippen molar-refractivity contribution in [2.24, 2.45) is 0 Å². The number of nitrogens with one attached hydrogen (secondary N) is 1. The predicted octanol–water partition coefficient (Wildman–Crippen LogP) is 3.01. The van der Waals surface area contributed by atoms with E-state index in [1.807, 2.05) is 36.5 Å². The van der Waals surface area contributed by atoms with Crippen molar-refractivity contribution in [1.82, 2.24) is 24.6 Å². The van der Waals surface area contributed by atoms with E-state index in [-0.39, 0.29) is 18.3 Å². The van der Waals surface area contributed by atoms with Crippen LogP contribution in [0.4, 0.5) is 4.39 Å². The minimum absolute atomic E-state index is 0.140. The Morgan fingerprint density at radius 1 is 1.17 bits per heavy atom. The van der Waals surface area contributed by atoms with E-state index in [1.165, 1.54) is 6.07 Å². The van der Waals surface area contributed by atoms with Crippen LogP contribution >= 0.6 is 0 Å². The van der Waals surface area contributed by atoms with Gasteiger partial charge in [-0.1, -0.05) is 35.5 Å². The highest BCUT2D eigenvalue weighted by molar-refractivity contribution is 7.77. The van der Waals surface area contributed by atoms with Crippen LogP contribution in [0.25, 0.3) is 5.69 Å². The van der Waals surface area contributed by atoms with Crippen LogP contribution in [0.2, 0.25) is 0 Å². The van der Waals surface area contributed by atoms with Gasteiger partial charge in [0.25, 0.3) is 0 Å². The number of hydrogen-bond acceptors (Lipinski definition) is 4. The van der Waals surface area contributed by atoms with E-state index in [4.69, 9.17) is 4.55 Å². The molecule has 2 heterocycles. The molecule has 1 fully saturated rings. The number of nitrogens with zero attached hydrogens (tertiary/aromatic N) is 4. The van der Waals surface area contributed by atoms with Crippen molar-refractivity contribution in [3.8, 4) is 5.69 Å². The second-order valence-electron chi connectivity index (χ2n) is 7.47. The molecule has 2 aromatic carbocycles. The Balaban J connectivity index is 1.35. The van der Waals surface area contributed by atoms with Crippen molar-refractivity contribution in [3.63, 3.8) is 0 Å². The Morgan fingerprint density at radius 2 is 1.93 bits per heavy atom. The summed E-state index contributed by atoms with van der Waals surface area (Å²) in [7, 11) is 0. The number of hydrogen-bond donors (Lipinski definition) is 2. The van der Waals surface area contributed by atoms with Gasteiger partial charge in [0.2, 0.25) is 11.3 Å². The minimum atomic E-state index is -2.08. The van der Waals surface area contributed by atoms with Crippen LogP contribution in [0.3, 0.4) is 0 Å². The standard InChI is InChI=1S/C21H24FN5O2S/c22-21-7-6-16(13-23-30(28)29)12-20(21)17-8-10-26(11-9-17)14-18-15-27(25-24-18)19-4-2-1-3-5-19/h1-7,12,15,17,23H,8-11,13-14H2,(H,28,29). The number of rotatable bonds is 7. The third-order valence-electron chi connectivity index (χ3n) is 5.43. The molecule has 0 bridgehead atoms. The molecule has 0 saturated carbocycles. The Morgan fingerprint density at radius 3 is 2.67 bits per heavy atom. The molecule has 1 unspecified atom stereocenters. The van der Waals surface area contributed by atoms with E-state index in [1.54, 1.807) is 16.8 Å². The average molecular weight is 430 g/mol. The van der Waals surface area contributed by atoms with Gasteiger partial charge in [0.15, 0.2) is 0 Å². The summed E-state index contributed by atoms with van der Waals surface area (Å²) in [4.78, 5) is 2.31. The number of aromatic nitrogens is 3. The van der Waals surface area contributed by atoms with Gasteiger partial charge >= 0.3 is 0 Å². The van der Waals surface area contributed by atoms with Crippen LogP contribution in [0.1, 0.15) is 35.6 Å². The zero-order valence-corrected chi connectivity index (χ0v) is 17.3. The summed E-state index contributed by atoms with van der Waals surface area (Å²) in [5.41, 5.74) is 3.37. The maximum Gasteiger partial charge on any atom is 0.232 e. The maximum atomic E-state index is 14.4. The number of likely N-dealkylation sites (tertiary alicyclic amines) is 1. The topological polar surface area (TPSA) is 83.3 Å². The fourth-order valence-corrected chi connectivity index (χ4v) is 4.16. The van der Waals surface area contributed by atoms with Gasteiger partial charge in [-0.3, -0.25) is 9.45 Å².